The number of benzene rings is 3. The Hall–Kier alpha value is -3.65. The first-order valence-electron chi connectivity index (χ1n) is 11.3. The van der Waals surface area contributed by atoms with Gasteiger partial charge in [-0.3, -0.25) is 13.9 Å². The number of hydrogen-bond acceptors (Lipinski definition) is 4. The van der Waals surface area contributed by atoms with Gasteiger partial charge in [-0.15, -0.1) is 0 Å². The van der Waals surface area contributed by atoms with Crippen LogP contribution in [0.2, 0.25) is 0 Å². The van der Waals surface area contributed by atoms with Crippen LogP contribution in [0.1, 0.15) is 25.3 Å². The summed E-state index contributed by atoms with van der Waals surface area (Å²) in [7, 11) is -3.96. The predicted octanol–water partition coefficient (Wildman–Crippen LogP) is 4.21. The summed E-state index contributed by atoms with van der Waals surface area (Å²) in [6.07, 6.45) is 2.21. The highest BCUT2D eigenvalue weighted by Gasteiger charge is 2.27. The minimum Gasteiger partial charge on any atom is -0.325 e. The Labute approximate surface area is 200 Å². The lowest BCUT2D eigenvalue weighted by molar-refractivity contribution is -0.117. The SMILES string of the molecule is CCc1ccc(N(CC(=O)Nc2ccc(N3CCCC3=O)cc2)S(=O)(=O)c2ccccc2)cc1. The molecule has 1 aliphatic rings. The Morgan fingerprint density at radius 1 is 0.971 bits per heavy atom. The first-order valence-corrected chi connectivity index (χ1v) is 12.7. The average molecular weight is 478 g/mol. The number of anilines is 3. The molecule has 0 aliphatic carbocycles. The van der Waals surface area contributed by atoms with E-state index in [9.17, 15) is 18.0 Å². The van der Waals surface area contributed by atoms with Gasteiger partial charge in [0.05, 0.1) is 10.6 Å². The van der Waals surface area contributed by atoms with Crippen LogP contribution in [0.15, 0.2) is 83.8 Å². The molecule has 0 aromatic heterocycles. The fourth-order valence-electron chi connectivity index (χ4n) is 3.91. The number of amides is 2. The molecule has 7 nitrogen and oxygen atoms in total. The van der Waals surface area contributed by atoms with Crippen molar-refractivity contribution in [2.45, 2.75) is 31.1 Å². The molecule has 1 heterocycles. The van der Waals surface area contributed by atoms with Crippen LogP contribution >= 0.6 is 0 Å². The molecule has 34 heavy (non-hydrogen) atoms. The van der Waals surface area contributed by atoms with E-state index in [0.717, 1.165) is 28.4 Å². The molecule has 2 amide bonds. The maximum absolute atomic E-state index is 13.4. The molecule has 0 bridgehead atoms. The van der Waals surface area contributed by atoms with Gasteiger partial charge in [-0.05, 0) is 66.9 Å². The van der Waals surface area contributed by atoms with Crippen LogP contribution in [0, 0.1) is 0 Å². The third-order valence-corrected chi connectivity index (χ3v) is 7.58. The van der Waals surface area contributed by atoms with Crippen LogP contribution in [-0.2, 0) is 26.0 Å². The van der Waals surface area contributed by atoms with Gasteiger partial charge in [-0.2, -0.15) is 0 Å². The second kappa shape index (κ2) is 10.1. The van der Waals surface area contributed by atoms with Crippen molar-refractivity contribution < 1.29 is 18.0 Å². The van der Waals surface area contributed by atoms with Crippen molar-refractivity contribution in [2.75, 3.05) is 27.6 Å². The van der Waals surface area contributed by atoms with Gasteiger partial charge in [0.15, 0.2) is 0 Å². The number of hydrogen-bond donors (Lipinski definition) is 1. The number of nitrogens with one attached hydrogen (secondary N) is 1. The summed E-state index contributed by atoms with van der Waals surface area (Å²) < 4.78 is 27.9. The van der Waals surface area contributed by atoms with Crippen molar-refractivity contribution in [3.05, 3.63) is 84.4 Å². The van der Waals surface area contributed by atoms with Crippen molar-refractivity contribution in [1.82, 2.24) is 0 Å². The average Bonchev–Trinajstić information content (AvgIpc) is 3.29. The molecule has 8 heteroatoms. The summed E-state index contributed by atoms with van der Waals surface area (Å²) in [4.78, 5) is 26.7. The van der Waals surface area contributed by atoms with E-state index in [-0.39, 0.29) is 17.3 Å². The fraction of sp³-hybridized carbons (Fsp3) is 0.231. The first-order chi connectivity index (χ1) is 16.4. The standard InChI is InChI=1S/C26H27N3O4S/c1-2-20-10-14-23(15-11-20)29(34(32,33)24-7-4-3-5-8-24)19-25(30)27-21-12-16-22(17-13-21)28-18-6-9-26(28)31/h3-5,7-8,10-17H,2,6,9,18-19H2,1H3,(H,27,30). The number of nitrogens with zero attached hydrogens (tertiary/aromatic N) is 2. The molecule has 1 saturated heterocycles. The normalized spacial score (nSPS) is 13.7. The van der Waals surface area contributed by atoms with E-state index in [0.29, 0.717) is 24.3 Å². The molecule has 4 rings (SSSR count). The second-order valence-electron chi connectivity index (χ2n) is 8.09. The van der Waals surface area contributed by atoms with Crippen LogP contribution in [0.5, 0.6) is 0 Å². The smallest absolute Gasteiger partial charge is 0.264 e. The predicted molar refractivity (Wildman–Crippen MR) is 133 cm³/mol. The lowest BCUT2D eigenvalue weighted by Crippen LogP contribution is -2.38. The van der Waals surface area contributed by atoms with Crippen LogP contribution in [-0.4, -0.2) is 33.3 Å². The van der Waals surface area contributed by atoms with Gasteiger partial charge in [0.25, 0.3) is 10.0 Å². The van der Waals surface area contributed by atoms with Crippen LogP contribution in [0.4, 0.5) is 17.1 Å². The van der Waals surface area contributed by atoms with Crippen molar-refractivity contribution >= 4 is 38.9 Å². The number of carbonyl (C=O) groups is 2. The maximum atomic E-state index is 13.4. The zero-order valence-corrected chi connectivity index (χ0v) is 19.8. The summed E-state index contributed by atoms with van der Waals surface area (Å²) in [5.74, 6) is -0.378. The topological polar surface area (TPSA) is 86.8 Å². The second-order valence-corrected chi connectivity index (χ2v) is 9.95. The van der Waals surface area contributed by atoms with E-state index >= 15 is 0 Å². The highest BCUT2D eigenvalue weighted by Crippen LogP contribution is 2.25. The highest BCUT2D eigenvalue weighted by molar-refractivity contribution is 7.92. The van der Waals surface area contributed by atoms with Gasteiger partial charge in [-0.1, -0.05) is 37.3 Å². The third-order valence-electron chi connectivity index (χ3n) is 5.79. The molecule has 1 aliphatic heterocycles. The van der Waals surface area contributed by atoms with Crippen LogP contribution in [0.3, 0.4) is 0 Å². The fourth-order valence-corrected chi connectivity index (χ4v) is 5.35. The number of carbonyl (C=O) groups excluding carboxylic acids is 2. The van der Waals surface area contributed by atoms with E-state index in [1.165, 1.54) is 12.1 Å². The highest BCUT2D eigenvalue weighted by atomic mass is 32.2. The molecular formula is C26H27N3O4S. The van der Waals surface area contributed by atoms with Crippen molar-refractivity contribution in [3.8, 4) is 0 Å². The molecule has 0 radical (unpaired) electrons. The van der Waals surface area contributed by atoms with E-state index in [4.69, 9.17) is 0 Å². The zero-order chi connectivity index (χ0) is 24.1. The first kappa shape index (κ1) is 23.5. The van der Waals surface area contributed by atoms with Crippen LogP contribution < -0.4 is 14.5 Å². The molecule has 1 N–H and O–H groups in total. The molecule has 3 aromatic rings. The molecule has 176 valence electrons. The Morgan fingerprint density at radius 2 is 1.65 bits per heavy atom. The quantitative estimate of drug-likeness (QED) is 0.527. The van der Waals surface area contributed by atoms with Gasteiger partial charge < -0.3 is 10.2 Å². The van der Waals surface area contributed by atoms with Gasteiger partial charge >= 0.3 is 0 Å². The summed E-state index contributed by atoms with van der Waals surface area (Å²) >= 11 is 0. The third kappa shape index (κ3) is 5.12. The molecular weight excluding hydrogens is 450 g/mol. The Morgan fingerprint density at radius 3 is 2.24 bits per heavy atom. The number of sulfonamides is 1. The van der Waals surface area contributed by atoms with E-state index < -0.39 is 15.9 Å². The van der Waals surface area contributed by atoms with Gasteiger partial charge in [-0.25, -0.2) is 8.42 Å². The van der Waals surface area contributed by atoms with Gasteiger partial charge in [0.1, 0.15) is 6.54 Å². The minimum absolute atomic E-state index is 0.0904. The molecule has 0 spiro atoms. The monoisotopic (exact) mass is 477 g/mol. The Kier molecular flexibility index (Phi) is 6.98. The van der Waals surface area contributed by atoms with E-state index in [2.05, 4.69) is 5.32 Å². The lowest BCUT2D eigenvalue weighted by atomic mass is 10.1. The zero-order valence-electron chi connectivity index (χ0n) is 19.0. The molecule has 0 atom stereocenters. The summed E-state index contributed by atoms with van der Waals surface area (Å²) in [6, 6.07) is 22.2. The Balaban J connectivity index is 1.55. The summed E-state index contributed by atoms with van der Waals surface area (Å²) in [5.41, 5.74) is 2.80. The van der Waals surface area contributed by atoms with Crippen molar-refractivity contribution in [2.24, 2.45) is 0 Å². The largest absolute Gasteiger partial charge is 0.325 e. The summed E-state index contributed by atoms with van der Waals surface area (Å²) in [5, 5.41) is 2.77. The Bertz CT molecular complexity index is 1260. The number of rotatable bonds is 8. The van der Waals surface area contributed by atoms with E-state index in [1.807, 2.05) is 19.1 Å². The minimum atomic E-state index is -3.96. The van der Waals surface area contributed by atoms with Gasteiger partial charge in [0.2, 0.25) is 11.8 Å². The molecule has 0 saturated carbocycles. The van der Waals surface area contributed by atoms with Crippen LogP contribution in [0.25, 0.3) is 0 Å². The maximum Gasteiger partial charge on any atom is 0.264 e. The van der Waals surface area contributed by atoms with Crippen molar-refractivity contribution in [1.29, 1.82) is 0 Å². The lowest BCUT2D eigenvalue weighted by Gasteiger charge is -2.24. The molecule has 0 unspecified atom stereocenters. The van der Waals surface area contributed by atoms with Gasteiger partial charge in [0, 0.05) is 24.3 Å². The molecule has 3 aromatic carbocycles. The number of aryl methyl sites for hydroxylation is 1. The van der Waals surface area contributed by atoms with Crippen molar-refractivity contribution in [3.63, 3.8) is 0 Å². The van der Waals surface area contributed by atoms with E-state index in [1.54, 1.807) is 59.5 Å². The molecule has 1 fully saturated rings. The summed E-state index contributed by atoms with van der Waals surface area (Å²) in [6.45, 7) is 2.33.